The van der Waals surface area contributed by atoms with E-state index in [9.17, 15) is 0 Å². The number of nitrogen functional groups attached to an aromatic ring is 1. The number of nitrogens with zero attached hydrogens (tertiary/aromatic N) is 2. The molecule has 0 amide bonds. The Kier molecular flexibility index (Phi) is 5.05. The molecule has 0 aromatic heterocycles. The van der Waals surface area contributed by atoms with Gasteiger partial charge in [0.15, 0.2) is 0 Å². The first-order valence-electron chi connectivity index (χ1n) is 7.12. The fraction of sp³-hybridized carbons (Fsp3) is 0.600. The van der Waals surface area contributed by atoms with E-state index in [1.165, 1.54) is 13.1 Å². The smallest absolute Gasteiger partial charge is 0.122 e. The number of rotatable bonds is 5. The Bertz CT molecular complexity index is 400. The second-order valence-corrected chi connectivity index (χ2v) is 5.15. The lowest BCUT2D eigenvalue weighted by atomic mass is 10.2. The molecule has 0 saturated carbocycles. The van der Waals surface area contributed by atoms with E-state index in [-0.39, 0.29) is 0 Å². The first-order valence-corrected chi connectivity index (χ1v) is 7.12. The van der Waals surface area contributed by atoms with E-state index < -0.39 is 0 Å². The van der Waals surface area contributed by atoms with Gasteiger partial charge in [0.25, 0.3) is 0 Å². The second kappa shape index (κ2) is 6.78. The normalized spacial score (nSPS) is 17.6. The fourth-order valence-electron chi connectivity index (χ4n) is 2.45. The zero-order valence-electron chi connectivity index (χ0n) is 12.1. The second-order valence-electron chi connectivity index (χ2n) is 5.15. The summed E-state index contributed by atoms with van der Waals surface area (Å²) in [5, 5.41) is 0. The van der Waals surface area contributed by atoms with Gasteiger partial charge < -0.3 is 15.4 Å². The Hall–Kier alpha value is -1.26. The van der Waals surface area contributed by atoms with Crippen LogP contribution in [0, 0.1) is 6.92 Å². The Balaban J connectivity index is 1.72. The van der Waals surface area contributed by atoms with E-state index in [0.717, 1.165) is 49.8 Å². The van der Waals surface area contributed by atoms with Crippen LogP contribution in [0.3, 0.4) is 0 Å². The van der Waals surface area contributed by atoms with Gasteiger partial charge in [-0.25, -0.2) is 0 Å². The highest BCUT2D eigenvalue weighted by Gasteiger charge is 2.14. The van der Waals surface area contributed by atoms with Crippen molar-refractivity contribution in [1.82, 2.24) is 9.80 Å². The predicted molar refractivity (Wildman–Crippen MR) is 79.6 cm³/mol. The molecule has 1 aliphatic heterocycles. The highest BCUT2D eigenvalue weighted by molar-refractivity contribution is 5.47. The maximum Gasteiger partial charge on any atom is 0.122 e. The molecule has 1 heterocycles. The van der Waals surface area contributed by atoms with Crippen molar-refractivity contribution < 1.29 is 4.74 Å². The topological polar surface area (TPSA) is 41.7 Å². The van der Waals surface area contributed by atoms with E-state index in [0.29, 0.717) is 0 Å². The van der Waals surface area contributed by atoms with Crippen LogP contribution in [-0.2, 0) is 0 Å². The third-order valence-electron chi connectivity index (χ3n) is 3.78. The van der Waals surface area contributed by atoms with Crippen molar-refractivity contribution in [2.24, 2.45) is 0 Å². The Morgan fingerprint density at radius 1 is 1.16 bits per heavy atom. The summed E-state index contributed by atoms with van der Waals surface area (Å²) < 4.78 is 5.84. The highest BCUT2D eigenvalue weighted by atomic mass is 16.5. The van der Waals surface area contributed by atoms with Crippen molar-refractivity contribution in [3.05, 3.63) is 23.8 Å². The number of piperazine rings is 1. The first-order chi connectivity index (χ1) is 9.19. The Morgan fingerprint density at radius 3 is 2.47 bits per heavy atom. The molecule has 2 N–H and O–H groups in total. The van der Waals surface area contributed by atoms with Crippen LogP contribution in [0.5, 0.6) is 5.75 Å². The van der Waals surface area contributed by atoms with Gasteiger partial charge in [0.05, 0.1) is 0 Å². The minimum Gasteiger partial charge on any atom is -0.492 e. The summed E-state index contributed by atoms with van der Waals surface area (Å²) in [5.41, 5.74) is 7.63. The molecule has 2 rings (SSSR count). The van der Waals surface area contributed by atoms with E-state index in [1.807, 2.05) is 25.1 Å². The molecule has 0 bridgehead atoms. The van der Waals surface area contributed by atoms with Crippen molar-refractivity contribution in [2.45, 2.75) is 13.8 Å². The lowest BCUT2D eigenvalue weighted by Crippen LogP contribution is -2.47. The number of hydrogen-bond donors (Lipinski definition) is 1. The molecular weight excluding hydrogens is 238 g/mol. The average Bonchev–Trinajstić information content (AvgIpc) is 2.42. The maximum atomic E-state index is 5.84. The SMILES string of the molecule is CCN1CCN(CCOc2ccc(N)cc2C)CC1. The number of likely N-dealkylation sites (N-methyl/N-ethyl adjacent to an activating group) is 1. The molecule has 0 radical (unpaired) electrons. The first kappa shape index (κ1) is 14.2. The fourth-order valence-corrected chi connectivity index (χ4v) is 2.45. The van der Waals surface area contributed by atoms with Gasteiger partial charge >= 0.3 is 0 Å². The van der Waals surface area contributed by atoms with Gasteiger partial charge in [-0.3, -0.25) is 4.90 Å². The molecule has 0 unspecified atom stereocenters. The summed E-state index contributed by atoms with van der Waals surface area (Å²) in [7, 11) is 0. The Morgan fingerprint density at radius 2 is 1.84 bits per heavy atom. The summed E-state index contributed by atoms with van der Waals surface area (Å²) in [5.74, 6) is 0.946. The standard InChI is InChI=1S/C15H25N3O/c1-3-17-6-8-18(9-7-17)10-11-19-15-5-4-14(16)12-13(15)2/h4-5,12H,3,6-11,16H2,1-2H3. The van der Waals surface area contributed by atoms with Crippen LogP contribution in [0.2, 0.25) is 0 Å². The summed E-state index contributed by atoms with van der Waals surface area (Å²) in [6.07, 6.45) is 0. The molecule has 1 fully saturated rings. The molecule has 1 aromatic rings. The zero-order chi connectivity index (χ0) is 13.7. The number of nitrogens with two attached hydrogens (primary N) is 1. The maximum absolute atomic E-state index is 5.84. The minimum atomic E-state index is 0.747. The number of ether oxygens (including phenoxy) is 1. The van der Waals surface area contributed by atoms with E-state index >= 15 is 0 Å². The van der Waals surface area contributed by atoms with E-state index in [2.05, 4.69) is 16.7 Å². The molecule has 4 heteroatoms. The number of anilines is 1. The quantitative estimate of drug-likeness (QED) is 0.819. The number of hydrogen-bond acceptors (Lipinski definition) is 4. The molecule has 1 saturated heterocycles. The molecule has 0 atom stereocenters. The van der Waals surface area contributed by atoms with Crippen LogP contribution in [0.25, 0.3) is 0 Å². The molecule has 106 valence electrons. The van der Waals surface area contributed by atoms with Crippen LogP contribution >= 0.6 is 0 Å². The van der Waals surface area contributed by atoms with Gasteiger partial charge in [0.2, 0.25) is 0 Å². The third-order valence-corrected chi connectivity index (χ3v) is 3.78. The molecular formula is C15H25N3O. The molecule has 19 heavy (non-hydrogen) atoms. The van der Waals surface area contributed by atoms with Crippen molar-refractivity contribution >= 4 is 5.69 Å². The Labute approximate surface area is 116 Å². The lowest BCUT2D eigenvalue weighted by molar-refractivity contribution is 0.120. The van der Waals surface area contributed by atoms with Crippen molar-refractivity contribution in [1.29, 1.82) is 0 Å². The lowest BCUT2D eigenvalue weighted by Gasteiger charge is -2.33. The molecule has 1 aromatic carbocycles. The minimum absolute atomic E-state index is 0.747. The predicted octanol–water partition coefficient (Wildman–Crippen LogP) is 1.59. The van der Waals surface area contributed by atoms with Gasteiger partial charge in [-0.1, -0.05) is 6.92 Å². The van der Waals surface area contributed by atoms with Gasteiger partial charge in [0.1, 0.15) is 12.4 Å². The molecule has 4 nitrogen and oxygen atoms in total. The summed E-state index contributed by atoms with van der Waals surface area (Å²) >= 11 is 0. The van der Waals surface area contributed by atoms with Gasteiger partial charge in [-0.15, -0.1) is 0 Å². The van der Waals surface area contributed by atoms with Gasteiger partial charge in [-0.05, 0) is 37.2 Å². The van der Waals surface area contributed by atoms with Crippen molar-refractivity contribution in [2.75, 3.05) is 51.6 Å². The average molecular weight is 263 g/mol. The van der Waals surface area contributed by atoms with Crippen LogP contribution in [0.4, 0.5) is 5.69 Å². The molecule has 0 aliphatic carbocycles. The molecule has 0 spiro atoms. The van der Waals surface area contributed by atoms with Crippen LogP contribution in [0.1, 0.15) is 12.5 Å². The number of benzene rings is 1. The third kappa shape index (κ3) is 4.11. The zero-order valence-corrected chi connectivity index (χ0v) is 12.1. The number of aryl methyl sites for hydroxylation is 1. The molecule has 1 aliphatic rings. The summed E-state index contributed by atoms with van der Waals surface area (Å²) in [6.45, 7) is 11.8. The van der Waals surface area contributed by atoms with Crippen LogP contribution < -0.4 is 10.5 Å². The van der Waals surface area contributed by atoms with Crippen molar-refractivity contribution in [3.63, 3.8) is 0 Å². The highest BCUT2D eigenvalue weighted by Crippen LogP contribution is 2.20. The van der Waals surface area contributed by atoms with Crippen molar-refractivity contribution in [3.8, 4) is 5.75 Å². The van der Waals surface area contributed by atoms with Gasteiger partial charge in [0, 0.05) is 38.4 Å². The monoisotopic (exact) mass is 263 g/mol. The van der Waals surface area contributed by atoms with E-state index in [4.69, 9.17) is 10.5 Å². The summed E-state index contributed by atoms with van der Waals surface area (Å²) in [6, 6.07) is 5.80. The van der Waals surface area contributed by atoms with Crippen LogP contribution in [0.15, 0.2) is 18.2 Å². The van der Waals surface area contributed by atoms with Crippen LogP contribution in [-0.4, -0.2) is 55.7 Å². The largest absolute Gasteiger partial charge is 0.492 e. The van der Waals surface area contributed by atoms with E-state index in [1.54, 1.807) is 0 Å². The van der Waals surface area contributed by atoms with Gasteiger partial charge in [-0.2, -0.15) is 0 Å². The summed E-state index contributed by atoms with van der Waals surface area (Å²) in [4.78, 5) is 4.96.